The second-order valence-electron chi connectivity index (χ2n) is 6.81. The second kappa shape index (κ2) is 8.62. The first-order valence-corrected chi connectivity index (χ1v) is 9.60. The number of hydrazone groups is 1. The molecule has 2 aromatic heterocycles. The summed E-state index contributed by atoms with van der Waals surface area (Å²) in [6, 6.07) is 19.5. The zero-order chi connectivity index (χ0) is 21.8. The van der Waals surface area contributed by atoms with Gasteiger partial charge in [-0.05, 0) is 49.4 Å². The van der Waals surface area contributed by atoms with Crippen molar-refractivity contribution in [3.05, 3.63) is 84.1 Å². The predicted molar refractivity (Wildman–Crippen MR) is 119 cm³/mol. The molecule has 0 aliphatic heterocycles. The van der Waals surface area contributed by atoms with Crippen molar-refractivity contribution in [1.82, 2.24) is 15.4 Å². The van der Waals surface area contributed by atoms with Crippen LogP contribution in [0.4, 0.5) is 0 Å². The number of fused-ring (bicyclic) bond motifs is 1. The molecule has 0 saturated heterocycles. The maximum Gasteiger partial charge on any atom is 0.272 e. The van der Waals surface area contributed by atoms with Crippen molar-refractivity contribution in [3.8, 4) is 22.9 Å². The van der Waals surface area contributed by atoms with Crippen molar-refractivity contribution < 1.29 is 14.6 Å². The highest BCUT2D eigenvalue weighted by molar-refractivity contribution is 6.08. The number of aromatic hydroxyl groups is 1. The van der Waals surface area contributed by atoms with Gasteiger partial charge in [0, 0.05) is 17.1 Å². The van der Waals surface area contributed by atoms with Gasteiger partial charge >= 0.3 is 0 Å². The summed E-state index contributed by atoms with van der Waals surface area (Å²) < 4.78 is 5.19. The fraction of sp³-hybridized carbons (Fsp3) is 0.0833. The molecule has 7 heteroatoms. The molecule has 0 fully saturated rings. The number of ether oxygens (including phenoxy) is 1. The van der Waals surface area contributed by atoms with Gasteiger partial charge in [-0.25, -0.2) is 10.4 Å². The van der Waals surface area contributed by atoms with Gasteiger partial charge in [-0.1, -0.05) is 24.3 Å². The Morgan fingerprint density at radius 1 is 1.00 bits per heavy atom. The van der Waals surface area contributed by atoms with Crippen LogP contribution in [0, 0.1) is 0 Å². The van der Waals surface area contributed by atoms with Crippen LogP contribution in [0.1, 0.15) is 22.8 Å². The maximum absolute atomic E-state index is 13.0. The number of phenols is 1. The third-order valence-corrected chi connectivity index (χ3v) is 4.81. The Morgan fingerprint density at radius 2 is 1.81 bits per heavy atom. The van der Waals surface area contributed by atoms with Gasteiger partial charge in [0.2, 0.25) is 0 Å². The number of amides is 1. The van der Waals surface area contributed by atoms with Crippen LogP contribution < -0.4 is 10.2 Å². The van der Waals surface area contributed by atoms with E-state index >= 15 is 0 Å². The molecule has 4 aromatic rings. The molecule has 2 aromatic carbocycles. The van der Waals surface area contributed by atoms with Gasteiger partial charge in [-0.3, -0.25) is 9.78 Å². The molecule has 0 unspecified atom stereocenters. The summed E-state index contributed by atoms with van der Waals surface area (Å²) in [6.07, 6.45) is 1.68. The van der Waals surface area contributed by atoms with E-state index in [0.29, 0.717) is 44.9 Å². The number of carbonyl (C=O) groups is 1. The van der Waals surface area contributed by atoms with Crippen molar-refractivity contribution in [1.29, 1.82) is 0 Å². The quantitative estimate of drug-likeness (QED) is 0.379. The molecule has 0 spiro atoms. The number of nitrogens with zero attached hydrogens (tertiary/aromatic N) is 3. The lowest BCUT2D eigenvalue weighted by molar-refractivity contribution is 0.0956. The van der Waals surface area contributed by atoms with Crippen LogP contribution in [0.5, 0.6) is 11.5 Å². The number of pyridine rings is 2. The number of hydrogen-bond donors (Lipinski definition) is 2. The Labute approximate surface area is 179 Å². The maximum atomic E-state index is 13.0. The van der Waals surface area contributed by atoms with Crippen LogP contribution in [0.2, 0.25) is 0 Å². The van der Waals surface area contributed by atoms with Crippen molar-refractivity contribution in [2.75, 3.05) is 7.11 Å². The van der Waals surface area contributed by atoms with E-state index in [1.54, 1.807) is 31.3 Å². The van der Waals surface area contributed by atoms with Crippen LogP contribution in [0.15, 0.2) is 78.0 Å². The summed E-state index contributed by atoms with van der Waals surface area (Å²) in [5.41, 5.74) is 5.86. The standard InChI is InChI=1S/C24H20N4O3/c1-15(18-13-16(31-2)10-11-23(18)29)27-28-24(30)19-14-22(21-9-5-6-12-25-21)26-20-8-4-3-7-17(19)20/h3-14,29H,1-2H3,(H,28,30)/b27-15+. The molecule has 2 heterocycles. The fourth-order valence-corrected chi connectivity index (χ4v) is 3.20. The lowest BCUT2D eigenvalue weighted by Gasteiger charge is -2.10. The Morgan fingerprint density at radius 3 is 2.58 bits per heavy atom. The zero-order valence-electron chi connectivity index (χ0n) is 17.0. The summed E-state index contributed by atoms with van der Waals surface area (Å²) in [5.74, 6) is 0.231. The molecule has 0 bridgehead atoms. The van der Waals surface area contributed by atoms with Gasteiger partial charge in [0.15, 0.2) is 0 Å². The smallest absolute Gasteiger partial charge is 0.272 e. The molecule has 31 heavy (non-hydrogen) atoms. The molecular formula is C24H20N4O3. The number of phenolic OH excluding ortho intramolecular Hbond substituents is 1. The van der Waals surface area contributed by atoms with Crippen LogP contribution in [0.3, 0.4) is 0 Å². The van der Waals surface area contributed by atoms with Gasteiger partial charge in [0.05, 0.1) is 35.3 Å². The van der Waals surface area contributed by atoms with Crippen molar-refractivity contribution in [3.63, 3.8) is 0 Å². The van der Waals surface area contributed by atoms with Crippen molar-refractivity contribution in [2.24, 2.45) is 5.10 Å². The summed E-state index contributed by atoms with van der Waals surface area (Å²) >= 11 is 0. The number of para-hydroxylation sites is 1. The third kappa shape index (κ3) is 4.20. The number of benzene rings is 2. The van der Waals surface area contributed by atoms with Crippen LogP contribution in [-0.4, -0.2) is 33.8 Å². The first-order valence-electron chi connectivity index (χ1n) is 9.60. The Bertz CT molecular complexity index is 1290. The molecule has 7 nitrogen and oxygen atoms in total. The van der Waals surface area contributed by atoms with Crippen LogP contribution in [0.25, 0.3) is 22.3 Å². The minimum atomic E-state index is -0.391. The average Bonchev–Trinajstić information content (AvgIpc) is 2.82. The molecule has 4 rings (SSSR count). The molecule has 1 amide bonds. The molecular weight excluding hydrogens is 392 g/mol. The van der Waals surface area contributed by atoms with Crippen LogP contribution in [-0.2, 0) is 0 Å². The number of nitrogens with one attached hydrogen (secondary N) is 1. The third-order valence-electron chi connectivity index (χ3n) is 4.81. The molecule has 0 saturated carbocycles. The predicted octanol–water partition coefficient (Wildman–Crippen LogP) is 4.17. The molecule has 0 radical (unpaired) electrons. The van der Waals surface area contributed by atoms with Crippen LogP contribution >= 0.6 is 0 Å². The summed E-state index contributed by atoms with van der Waals surface area (Å²) in [4.78, 5) is 22.0. The van der Waals surface area contributed by atoms with E-state index in [0.717, 1.165) is 0 Å². The van der Waals surface area contributed by atoms with E-state index in [1.807, 2.05) is 42.5 Å². The van der Waals surface area contributed by atoms with Gasteiger partial charge in [-0.2, -0.15) is 5.10 Å². The zero-order valence-corrected chi connectivity index (χ0v) is 17.0. The monoisotopic (exact) mass is 412 g/mol. The second-order valence-corrected chi connectivity index (χ2v) is 6.81. The highest BCUT2D eigenvalue weighted by Crippen LogP contribution is 2.25. The highest BCUT2D eigenvalue weighted by Gasteiger charge is 2.15. The Balaban J connectivity index is 1.70. The first kappa shape index (κ1) is 20.0. The molecule has 0 aliphatic rings. The van der Waals surface area contributed by atoms with E-state index in [1.165, 1.54) is 13.2 Å². The summed E-state index contributed by atoms with van der Waals surface area (Å²) in [7, 11) is 1.54. The lowest BCUT2D eigenvalue weighted by Crippen LogP contribution is -2.20. The molecule has 0 atom stereocenters. The average molecular weight is 412 g/mol. The number of methoxy groups -OCH3 is 1. The SMILES string of the molecule is COc1ccc(O)c(/C(C)=N/NC(=O)c2cc(-c3ccccn3)nc3ccccc23)c1. The van der Waals surface area contributed by atoms with Gasteiger partial charge in [0.1, 0.15) is 11.5 Å². The minimum absolute atomic E-state index is 0.0445. The molecule has 0 aliphatic carbocycles. The Kier molecular flexibility index (Phi) is 5.57. The molecule has 154 valence electrons. The normalized spacial score (nSPS) is 11.4. The number of aromatic nitrogens is 2. The Hall–Kier alpha value is -4.26. The number of rotatable bonds is 5. The number of carbonyl (C=O) groups excluding carboxylic acids is 1. The fourth-order valence-electron chi connectivity index (χ4n) is 3.20. The van der Waals surface area contributed by atoms with E-state index in [-0.39, 0.29) is 5.75 Å². The van der Waals surface area contributed by atoms with Gasteiger partial charge < -0.3 is 9.84 Å². The summed E-state index contributed by atoms with van der Waals surface area (Å²) in [6.45, 7) is 1.69. The first-order chi connectivity index (χ1) is 15.1. The van der Waals surface area contributed by atoms with Crippen molar-refractivity contribution in [2.45, 2.75) is 6.92 Å². The minimum Gasteiger partial charge on any atom is -0.507 e. The lowest BCUT2D eigenvalue weighted by atomic mass is 10.1. The largest absolute Gasteiger partial charge is 0.507 e. The summed E-state index contributed by atoms with van der Waals surface area (Å²) in [5, 5.41) is 15.0. The number of hydrogen-bond acceptors (Lipinski definition) is 6. The van der Waals surface area contributed by atoms with Crippen molar-refractivity contribution >= 4 is 22.5 Å². The van der Waals surface area contributed by atoms with E-state index in [2.05, 4.69) is 20.5 Å². The van der Waals surface area contributed by atoms with E-state index in [9.17, 15) is 9.90 Å². The van der Waals surface area contributed by atoms with E-state index < -0.39 is 5.91 Å². The topological polar surface area (TPSA) is 96.7 Å². The van der Waals surface area contributed by atoms with Gasteiger partial charge in [0.25, 0.3) is 5.91 Å². The van der Waals surface area contributed by atoms with Gasteiger partial charge in [-0.15, -0.1) is 0 Å². The van der Waals surface area contributed by atoms with E-state index in [4.69, 9.17) is 4.74 Å². The highest BCUT2D eigenvalue weighted by atomic mass is 16.5. The molecule has 2 N–H and O–H groups in total.